The Morgan fingerprint density at radius 2 is 1.65 bits per heavy atom. The van der Waals surface area contributed by atoms with Crippen LogP contribution in [-0.2, 0) is 66.1 Å². The van der Waals surface area contributed by atoms with E-state index in [-0.39, 0.29) is 72.1 Å². The second-order valence-corrected chi connectivity index (χ2v) is 27.6. The molecule has 3 fully saturated rings. The van der Waals surface area contributed by atoms with E-state index in [1.54, 1.807) is 36.8 Å². The van der Waals surface area contributed by atoms with Gasteiger partial charge in [0.15, 0.2) is 22.6 Å². The first-order chi connectivity index (χ1) is 44.3. The van der Waals surface area contributed by atoms with Crippen LogP contribution in [-0.4, -0.2) is 159 Å². The van der Waals surface area contributed by atoms with E-state index in [9.17, 15) is 54.0 Å². The molecule has 27 heteroatoms. The number of carboxylic acids is 2. The number of aliphatic hydroxyl groups excluding tert-OH is 2. The third kappa shape index (κ3) is 14.5. The number of aryl methyl sites for hydroxylation is 1. The van der Waals surface area contributed by atoms with Crippen LogP contribution in [0.5, 0.6) is 5.75 Å². The molecule has 26 nitrogen and oxygen atoms in total. The normalized spacial score (nSPS) is 24.8. The molecular formula is C66H79N11O15S. The van der Waals surface area contributed by atoms with Gasteiger partial charge in [-0.05, 0) is 117 Å². The highest BCUT2D eigenvalue weighted by molar-refractivity contribution is 7.22. The number of hydrogen-bond acceptors (Lipinski definition) is 19. The van der Waals surface area contributed by atoms with E-state index in [1.807, 2.05) is 51.4 Å². The maximum absolute atomic E-state index is 13.6. The van der Waals surface area contributed by atoms with Gasteiger partial charge in [0.25, 0.3) is 17.7 Å². The van der Waals surface area contributed by atoms with E-state index in [4.69, 9.17) is 29.0 Å². The van der Waals surface area contributed by atoms with E-state index < -0.39 is 78.4 Å². The number of rotatable bonds is 24. The van der Waals surface area contributed by atoms with Crippen molar-refractivity contribution in [3.8, 4) is 16.9 Å². The Morgan fingerprint density at radius 1 is 0.860 bits per heavy atom. The number of aliphatic carboxylic acids is 1. The van der Waals surface area contributed by atoms with Crippen LogP contribution in [0.4, 0.5) is 15.7 Å². The van der Waals surface area contributed by atoms with Crippen LogP contribution in [0.1, 0.15) is 129 Å². The third-order valence-electron chi connectivity index (χ3n) is 18.7. The number of para-hydroxylation sites is 1. The molecule has 8 atom stereocenters. The van der Waals surface area contributed by atoms with Gasteiger partial charge in [0.2, 0.25) is 12.2 Å². The first-order valence-corrected chi connectivity index (χ1v) is 32.3. The molecule has 2 aromatic carbocycles. The maximum Gasteiger partial charge on any atom is 0.407 e. The number of imidazole rings is 1. The van der Waals surface area contributed by atoms with Gasteiger partial charge in [-0.1, -0.05) is 70.2 Å². The van der Waals surface area contributed by atoms with Crippen molar-refractivity contribution in [1.29, 1.82) is 0 Å². The van der Waals surface area contributed by atoms with Crippen LogP contribution in [0.3, 0.4) is 0 Å². The summed E-state index contributed by atoms with van der Waals surface area (Å²) in [7, 11) is 0. The number of unbranched alkanes of at least 4 members (excludes halogenated alkanes) is 1. The van der Waals surface area contributed by atoms with Crippen LogP contribution < -0.4 is 25.6 Å². The minimum absolute atomic E-state index is 0.0561. The zero-order valence-corrected chi connectivity index (χ0v) is 53.7. The molecule has 2 bridgehead atoms. The summed E-state index contributed by atoms with van der Waals surface area (Å²) in [4.78, 5) is 105. The van der Waals surface area contributed by atoms with Crippen LogP contribution in [0.25, 0.3) is 21.3 Å². The Hall–Kier alpha value is -8.63. The number of carboxylic acid groups (broad SMARTS) is 2. The van der Waals surface area contributed by atoms with E-state index in [1.165, 1.54) is 18.3 Å². The number of aromatic nitrogens is 6. The van der Waals surface area contributed by atoms with E-state index in [2.05, 4.69) is 53.6 Å². The number of hydrogen-bond donors (Lipinski definition) is 7. The Balaban J connectivity index is 0.721. The smallest absolute Gasteiger partial charge is 0.407 e. The van der Waals surface area contributed by atoms with Crippen molar-refractivity contribution in [2.24, 2.45) is 22.2 Å². The molecule has 11 rings (SSSR count). The van der Waals surface area contributed by atoms with Gasteiger partial charge in [0.05, 0.1) is 53.3 Å². The van der Waals surface area contributed by atoms with Gasteiger partial charge in [-0.2, -0.15) is 5.10 Å². The number of thiazole rings is 1. The van der Waals surface area contributed by atoms with Crippen LogP contribution in [0.2, 0.25) is 0 Å². The molecule has 2 saturated carbocycles. The van der Waals surface area contributed by atoms with Crippen molar-refractivity contribution in [1.82, 2.24) is 44.8 Å². The molecule has 494 valence electrons. The van der Waals surface area contributed by atoms with Gasteiger partial charge in [-0.25, -0.2) is 29.3 Å². The number of aromatic carboxylic acids is 1. The predicted molar refractivity (Wildman–Crippen MR) is 339 cm³/mol. The minimum atomic E-state index is -1.62. The lowest BCUT2D eigenvalue weighted by molar-refractivity contribution is -0.256. The second kappa shape index (κ2) is 26.8. The lowest BCUT2D eigenvalue weighted by atomic mass is 9.47. The summed E-state index contributed by atoms with van der Waals surface area (Å²) in [6.07, 6.45) is 5.22. The molecule has 3 aliphatic heterocycles. The Morgan fingerprint density at radius 3 is 2.40 bits per heavy atom. The number of nitrogens with one attached hydrogen (secondary N) is 3. The van der Waals surface area contributed by atoms with E-state index >= 15 is 0 Å². The molecule has 3 unspecified atom stereocenters. The summed E-state index contributed by atoms with van der Waals surface area (Å²) in [5.74, 6) is -4.91. The predicted octanol–water partition coefficient (Wildman–Crippen LogP) is 7.03. The lowest BCUT2D eigenvalue weighted by Gasteiger charge is -2.62. The molecule has 5 aliphatic rings. The molecular weight excluding hydrogens is 1220 g/mol. The van der Waals surface area contributed by atoms with E-state index in [0.29, 0.717) is 78.7 Å². The number of amides is 5. The fraction of sp³-hybridized carbons (Fsp3) is 0.500. The summed E-state index contributed by atoms with van der Waals surface area (Å²) >= 11 is 1.38. The molecule has 0 radical (unpaired) electrons. The fourth-order valence-corrected chi connectivity index (χ4v) is 15.9. The summed E-state index contributed by atoms with van der Waals surface area (Å²) in [6, 6.07) is 16.3. The largest absolute Gasteiger partial charge is 0.479 e. The first-order valence-electron chi connectivity index (χ1n) is 31.4. The van der Waals surface area contributed by atoms with Gasteiger partial charge >= 0.3 is 18.0 Å². The number of anilines is 2. The van der Waals surface area contributed by atoms with Crippen molar-refractivity contribution >= 4 is 74.2 Å². The summed E-state index contributed by atoms with van der Waals surface area (Å²) in [6.45, 7) is 14.2. The van der Waals surface area contributed by atoms with Crippen molar-refractivity contribution in [2.45, 2.75) is 156 Å². The van der Waals surface area contributed by atoms with Crippen molar-refractivity contribution in [2.75, 3.05) is 43.0 Å². The van der Waals surface area contributed by atoms with E-state index in [0.717, 1.165) is 70.6 Å². The number of aliphatic hydroxyl groups is 2. The fourth-order valence-electron chi connectivity index (χ4n) is 15.0. The highest BCUT2D eigenvalue weighted by Crippen LogP contribution is 2.64. The number of benzene rings is 2. The highest BCUT2D eigenvalue weighted by atomic mass is 32.1. The standard InChI is InChI=1S/C66H79N11O15S/c1-7-65(36-77-39(3)43(27-70-77)42-17-18-48(72-52(42)58(84)85)74-23-24-75-37-69-53(45(75)28-74)57(83)73-61-71-44-13-8-9-14-47(44)93-61)33-64(6)31-63(4,5)32-66(34-64,35-65)90-25-22-68-62(88)89-30-41-16-15-40(12-10-11-21-67-49(78)29-76-50(79)19-20-51(76)80)26-46(41)91-60-55(82)54(81)38(2)56(92-60)59(86)87/h8-9,13-20,26-27,37-38,54-56,60,81-82H,7,10-12,21-25,28-36H2,1-6H3,(H,67,78)(H,68,88)(H,84,85)(H,86,87)(H,71,73,83)/t38-,54-,55+,56-,60+,64?,65?,66?/m0/s1. The van der Waals surface area contributed by atoms with Crippen molar-refractivity contribution in [3.05, 3.63) is 113 Å². The minimum Gasteiger partial charge on any atom is -0.479 e. The number of carbonyl (C=O) groups excluding carboxylic acids is 5. The van der Waals surface area contributed by atoms with Gasteiger partial charge in [-0.3, -0.25) is 34.1 Å². The number of carbonyl (C=O) groups is 7. The zero-order chi connectivity index (χ0) is 66.1. The highest BCUT2D eigenvalue weighted by Gasteiger charge is 2.59. The molecule has 93 heavy (non-hydrogen) atoms. The number of alkyl carbamates (subject to hydrolysis) is 1. The number of ether oxygens (including phenoxy) is 4. The molecule has 6 aromatic rings. The quantitative estimate of drug-likeness (QED) is 0.0236. The summed E-state index contributed by atoms with van der Waals surface area (Å²) < 4.78 is 29.4. The van der Waals surface area contributed by atoms with Gasteiger partial charge in [-0.15, -0.1) is 0 Å². The van der Waals surface area contributed by atoms with Gasteiger partial charge < -0.3 is 59.5 Å². The van der Waals surface area contributed by atoms with Crippen LogP contribution >= 0.6 is 11.3 Å². The monoisotopic (exact) mass is 1300 g/mol. The van der Waals surface area contributed by atoms with Crippen molar-refractivity contribution < 1.29 is 72.9 Å². The number of fused-ring (bicyclic) bond motifs is 4. The van der Waals surface area contributed by atoms with Crippen LogP contribution in [0.15, 0.2) is 79.3 Å². The lowest BCUT2D eigenvalue weighted by Crippen LogP contribution is -2.58. The molecule has 2 aliphatic carbocycles. The molecule has 7 heterocycles. The Bertz CT molecular complexity index is 3850. The number of nitrogens with zero attached hydrogens (tertiary/aromatic N) is 8. The number of pyridine rings is 1. The first kappa shape index (κ1) is 65.8. The number of imide groups is 1. The summed E-state index contributed by atoms with van der Waals surface area (Å²) in [5, 5.41) is 56.2. The topological polar surface area (TPSA) is 341 Å². The Labute approximate surface area is 540 Å². The van der Waals surface area contributed by atoms with Gasteiger partial charge in [0.1, 0.15) is 30.8 Å². The van der Waals surface area contributed by atoms with Crippen LogP contribution in [0, 0.1) is 29.1 Å². The molecule has 4 aromatic heterocycles. The van der Waals surface area contributed by atoms with Gasteiger partial charge in [0, 0.05) is 73.2 Å². The zero-order valence-electron chi connectivity index (χ0n) is 52.9. The SMILES string of the molecule is CCC1(Cn2ncc(-c3ccc(N4CCn5cnc(C(=O)Nc6nc7ccccc7s6)c5C4)nc3C(=O)O)c2C)CC2(C)CC(C)(C)CC(OCCNC(=O)OCc3ccc(CCCCNC(=O)CN4C(=O)C=CC4=O)cc3O[C@@H]3O[C@H](C(=O)O)[C@@H](C)[C@H](O)[C@H]3O)(C2)C1. The molecule has 7 N–H and O–H groups in total. The summed E-state index contributed by atoms with van der Waals surface area (Å²) in [5.41, 5.74) is 3.58. The maximum atomic E-state index is 13.6. The van der Waals surface area contributed by atoms with Crippen molar-refractivity contribution in [3.63, 3.8) is 0 Å². The molecule has 0 spiro atoms. The average molecular weight is 1300 g/mol. The molecule has 1 saturated heterocycles. The third-order valence-corrected chi connectivity index (χ3v) is 19.7. The molecule has 5 amide bonds. The average Bonchev–Trinajstić information content (AvgIpc) is 0.941. The second-order valence-electron chi connectivity index (χ2n) is 26.6. The Kier molecular flexibility index (Phi) is 19.0.